The first-order valence-corrected chi connectivity index (χ1v) is 5.26. The van der Waals surface area contributed by atoms with Gasteiger partial charge in [0.25, 0.3) is 0 Å². The van der Waals surface area contributed by atoms with Crippen LogP contribution in [0.15, 0.2) is 12.7 Å². The average Bonchev–Trinajstić information content (AvgIpc) is 2.58. The summed E-state index contributed by atoms with van der Waals surface area (Å²) >= 11 is 0. The molecule has 0 aromatic carbocycles. The fourth-order valence-corrected chi connectivity index (χ4v) is 1.95. The Morgan fingerprint density at radius 2 is 2.53 bits per heavy atom. The van der Waals surface area contributed by atoms with Gasteiger partial charge < -0.3 is 10.1 Å². The predicted octanol–water partition coefficient (Wildman–Crippen LogP) is 0.768. The molecule has 0 atom stereocenters. The standard InChI is InChI=1S/C11H17N3O/c1-3-6-15-8-10-9-4-5-12-7-11(9)14(2)13-10/h3,12H,1,4-8H2,2H3. The SMILES string of the molecule is C=CCOCc1nn(C)c2c1CCNC2. The van der Waals surface area contributed by atoms with Crippen molar-refractivity contribution in [3.8, 4) is 0 Å². The van der Waals surface area contributed by atoms with Crippen molar-refractivity contribution < 1.29 is 4.74 Å². The summed E-state index contributed by atoms with van der Waals surface area (Å²) < 4.78 is 7.39. The molecule has 0 saturated heterocycles. The summed E-state index contributed by atoms with van der Waals surface area (Å²) in [6, 6.07) is 0. The summed E-state index contributed by atoms with van der Waals surface area (Å²) in [6.07, 6.45) is 2.81. The molecule has 0 unspecified atom stereocenters. The van der Waals surface area contributed by atoms with Crippen LogP contribution in [0.3, 0.4) is 0 Å². The van der Waals surface area contributed by atoms with E-state index in [9.17, 15) is 0 Å². The normalized spacial score (nSPS) is 15.0. The molecule has 0 amide bonds. The van der Waals surface area contributed by atoms with Crippen LogP contribution < -0.4 is 5.32 Å². The fraction of sp³-hybridized carbons (Fsp3) is 0.545. The lowest BCUT2D eigenvalue weighted by atomic mass is 10.1. The number of aryl methyl sites for hydroxylation is 1. The lowest BCUT2D eigenvalue weighted by molar-refractivity contribution is 0.145. The maximum atomic E-state index is 5.43. The highest BCUT2D eigenvalue weighted by atomic mass is 16.5. The van der Waals surface area contributed by atoms with Gasteiger partial charge in [0.15, 0.2) is 0 Å². The Bertz CT molecular complexity index is 357. The molecule has 4 heteroatoms. The van der Waals surface area contributed by atoms with E-state index < -0.39 is 0 Å². The molecule has 1 N–H and O–H groups in total. The number of nitrogens with zero attached hydrogens (tertiary/aromatic N) is 2. The third kappa shape index (κ3) is 2.11. The number of hydrogen-bond acceptors (Lipinski definition) is 3. The number of rotatable bonds is 4. The zero-order valence-electron chi connectivity index (χ0n) is 9.12. The molecule has 82 valence electrons. The molecule has 1 aliphatic heterocycles. The first kappa shape index (κ1) is 10.4. The van der Waals surface area contributed by atoms with Gasteiger partial charge in [-0.2, -0.15) is 5.10 Å². The topological polar surface area (TPSA) is 39.1 Å². The quantitative estimate of drug-likeness (QED) is 0.585. The van der Waals surface area contributed by atoms with Crippen LogP contribution in [0, 0.1) is 0 Å². The third-order valence-corrected chi connectivity index (χ3v) is 2.68. The van der Waals surface area contributed by atoms with Crippen molar-refractivity contribution in [3.05, 3.63) is 29.6 Å². The molecule has 1 aromatic rings. The molecule has 0 bridgehead atoms. The zero-order valence-corrected chi connectivity index (χ0v) is 9.12. The van der Waals surface area contributed by atoms with Crippen LogP contribution in [-0.4, -0.2) is 22.9 Å². The van der Waals surface area contributed by atoms with Crippen molar-refractivity contribution in [2.24, 2.45) is 7.05 Å². The summed E-state index contributed by atoms with van der Waals surface area (Å²) in [5.41, 5.74) is 3.73. The fourth-order valence-electron chi connectivity index (χ4n) is 1.95. The highest BCUT2D eigenvalue weighted by Gasteiger charge is 2.18. The molecule has 1 aliphatic rings. The van der Waals surface area contributed by atoms with Gasteiger partial charge in [-0.1, -0.05) is 6.08 Å². The predicted molar refractivity (Wildman–Crippen MR) is 58.5 cm³/mol. The highest BCUT2D eigenvalue weighted by Crippen LogP contribution is 2.18. The first-order valence-electron chi connectivity index (χ1n) is 5.26. The van der Waals surface area contributed by atoms with E-state index in [2.05, 4.69) is 17.0 Å². The number of nitrogens with one attached hydrogen (secondary N) is 1. The zero-order chi connectivity index (χ0) is 10.7. The summed E-state index contributed by atoms with van der Waals surface area (Å²) in [5.74, 6) is 0. The van der Waals surface area contributed by atoms with E-state index in [1.165, 1.54) is 11.3 Å². The summed E-state index contributed by atoms with van der Waals surface area (Å²) in [4.78, 5) is 0. The lowest BCUT2D eigenvalue weighted by Gasteiger charge is -2.14. The Hall–Kier alpha value is -1.13. The van der Waals surface area contributed by atoms with Crippen LogP contribution in [0.2, 0.25) is 0 Å². The van der Waals surface area contributed by atoms with Crippen LogP contribution in [0.25, 0.3) is 0 Å². The summed E-state index contributed by atoms with van der Waals surface area (Å²) in [7, 11) is 1.99. The molecule has 4 nitrogen and oxygen atoms in total. The van der Waals surface area contributed by atoms with Crippen LogP contribution in [0.4, 0.5) is 0 Å². The van der Waals surface area contributed by atoms with Crippen molar-refractivity contribution >= 4 is 0 Å². The largest absolute Gasteiger partial charge is 0.371 e. The second kappa shape index (κ2) is 4.59. The smallest absolute Gasteiger partial charge is 0.0917 e. The second-order valence-corrected chi connectivity index (χ2v) is 3.73. The number of fused-ring (bicyclic) bond motifs is 1. The molecule has 2 heterocycles. The molecule has 0 fully saturated rings. The molecule has 0 radical (unpaired) electrons. The maximum Gasteiger partial charge on any atom is 0.0917 e. The van der Waals surface area contributed by atoms with E-state index in [4.69, 9.17) is 4.74 Å². The number of hydrogen-bond donors (Lipinski definition) is 1. The third-order valence-electron chi connectivity index (χ3n) is 2.68. The lowest BCUT2D eigenvalue weighted by Crippen LogP contribution is -2.25. The van der Waals surface area contributed by atoms with E-state index in [1.807, 2.05) is 11.7 Å². The Morgan fingerprint density at radius 1 is 1.67 bits per heavy atom. The van der Waals surface area contributed by atoms with Gasteiger partial charge in [-0.3, -0.25) is 4.68 Å². The minimum absolute atomic E-state index is 0.587. The van der Waals surface area contributed by atoms with E-state index in [1.54, 1.807) is 6.08 Å². The second-order valence-electron chi connectivity index (χ2n) is 3.73. The molecule has 0 aliphatic carbocycles. The number of ether oxygens (including phenoxy) is 1. The van der Waals surface area contributed by atoms with Gasteiger partial charge in [-0.25, -0.2) is 0 Å². The monoisotopic (exact) mass is 207 g/mol. The average molecular weight is 207 g/mol. The highest BCUT2D eigenvalue weighted by molar-refractivity contribution is 5.28. The van der Waals surface area contributed by atoms with Gasteiger partial charge in [0.1, 0.15) is 0 Å². The summed E-state index contributed by atoms with van der Waals surface area (Å²) in [6.45, 7) is 6.76. The van der Waals surface area contributed by atoms with Gasteiger partial charge in [0, 0.05) is 19.2 Å². The maximum absolute atomic E-state index is 5.43. The molecule has 0 spiro atoms. The van der Waals surface area contributed by atoms with Gasteiger partial charge in [0.2, 0.25) is 0 Å². The van der Waals surface area contributed by atoms with Crippen LogP contribution in [0.5, 0.6) is 0 Å². The van der Waals surface area contributed by atoms with E-state index >= 15 is 0 Å². The Balaban J connectivity index is 2.13. The van der Waals surface area contributed by atoms with Crippen molar-refractivity contribution in [2.45, 2.75) is 19.6 Å². The molecule has 1 aromatic heterocycles. The van der Waals surface area contributed by atoms with Crippen molar-refractivity contribution in [3.63, 3.8) is 0 Å². The minimum Gasteiger partial charge on any atom is -0.371 e. The van der Waals surface area contributed by atoms with Crippen LogP contribution >= 0.6 is 0 Å². The van der Waals surface area contributed by atoms with Gasteiger partial charge in [-0.05, 0) is 13.0 Å². The molecule has 2 rings (SSSR count). The minimum atomic E-state index is 0.587. The Labute approximate surface area is 89.9 Å². The molecular weight excluding hydrogens is 190 g/mol. The Kier molecular flexibility index (Phi) is 3.18. The van der Waals surface area contributed by atoms with Crippen LogP contribution in [0.1, 0.15) is 17.0 Å². The van der Waals surface area contributed by atoms with Crippen LogP contribution in [-0.2, 0) is 31.4 Å². The van der Waals surface area contributed by atoms with Crippen molar-refractivity contribution in [1.82, 2.24) is 15.1 Å². The molecule has 0 saturated carbocycles. The van der Waals surface area contributed by atoms with Crippen molar-refractivity contribution in [1.29, 1.82) is 0 Å². The number of aromatic nitrogens is 2. The first-order chi connectivity index (χ1) is 7.33. The molecule has 15 heavy (non-hydrogen) atoms. The summed E-state index contributed by atoms with van der Waals surface area (Å²) in [5, 5.41) is 7.83. The van der Waals surface area contributed by atoms with Gasteiger partial charge in [0.05, 0.1) is 24.6 Å². The molecular formula is C11H17N3O. The van der Waals surface area contributed by atoms with E-state index in [-0.39, 0.29) is 0 Å². The van der Waals surface area contributed by atoms with Crippen molar-refractivity contribution in [2.75, 3.05) is 13.2 Å². The van der Waals surface area contributed by atoms with Gasteiger partial charge >= 0.3 is 0 Å². The van der Waals surface area contributed by atoms with E-state index in [0.29, 0.717) is 13.2 Å². The van der Waals surface area contributed by atoms with E-state index in [0.717, 1.165) is 25.2 Å². The Morgan fingerprint density at radius 3 is 3.33 bits per heavy atom. The van der Waals surface area contributed by atoms with Gasteiger partial charge in [-0.15, -0.1) is 6.58 Å².